The number of hydrogen-bond acceptors (Lipinski definition) is 3. The number of alkyl halides is 2. The number of carbonyl (C=O) groups excluding carboxylic acids is 1. The molecule has 160 valence electrons. The Morgan fingerprint density at radius 1 is 1.24 bits per heavy atom. The molecule has 2 atom stereocenters. The third-order valence-corrected chi connectivity index (χ3v) is 5.45. The first-order chi connectivity index (χ1) is 13.9. The summed E-state index contributed by atoms with van der Waals surface area (Å²) in [6.07, 6.45) is 5.73. The Hall–Kier alpha value is -2.09. The highest BCUT2D eigenvalue weighted by Crippen LogP contribution is 2.27. The fraction of sp³-hybridized carbons (Fsp3) is 0.600. The van der Waals surface area contributed by atoms with E-state index in [0.717, 1.165) is 38.5 Å². The van der Waals surface area contributed by atoms with Gasteiger partial charge in [0.1, 0.15) is 5.75 Å². The maximum atomic E-state index is 12.6. The van der Waals surface area contributed by atoms with Crippen LogP contribution in [0.25, 0.3) is 0 Å². The lowest BCUT2D eigenvalue weighted by Crippen LogP contribution is -2.47. The van der Waals surface area contributed by atoms with E-state index < -0.39 is 6.61 Å². The van der Waals surface area contributed by atoms with Gasteiger partial charge in [-0.25, -0.2) is 0 Å². The van der Waals surface area contributed by atoms with E-state index in [-0.39, 0.29) is 30.2 Å². The van der Waals surface area contributed by atoms with Crippen molar-refractivity contribution in [1.29, 1.82) is 0 Å². The van der Waals surface area contributed by atoms with Gasteiger partial charge in [0.25, 0.3) is 0 Å². The molecule has 9 heteroatoms. The van der Waals surface area contributed by atoms with E-state index in [1.807, 2.05) is 0 Å². The summed E-state index contributed by atoms with van der Waals surface area (Å²) < 4.78 is 29.8. The molecule has 0 spiro atoms. The summed E-state index contributed by atoms with van der Waals surface area (Å²) in [5.41, 5.74) is 0.506. The molecule has 3 rings (SSSR count). The molecule has 2 fully saturated rings. The summed E-state index contributed by atoms with van der Waals surface area (Å²) in [5.74, 6) is 0.775. The van der Waals surface area contributed by atoms with Crippen LogP contribution in [0.2, 0.25) is 5.02 Å². The Labute approximate surface area is 174 Å². The van der Waals surface area contributed by atoms with Crippen molar-refractivity contribution in [3.63, 3.8) is 0 Å². The topological polar surface area (TPSA) is 74.8 Å². The van der Waals surface area contributed by atoms with Crippen LogP contribution in [0, 0.1) is 5.92 Å². The number of halogens is 3. The number of rotatable bonds is 7. The monoisotopic (exact) mass is 428 g/mol. The number of hydrogen-bond donors (Lipinski definition) is 3. The SMILES string of the molecule is CN=C(NCc1cc(Cl)ccc1OC(F)F)NC1CCCC(C(=O)NC2CC2)C1. The van der Waals surface area contributed by atoms with Crippen molar-refractivity contribution in [3.05, 3.63) is 28.8 Å². The number of ether oxygens (including phenoxy) is 1. The molecule has 1 amide bonds. The second kappa shape index (κ2) is 10.1. The van der Waals surface area contributed by atoms with Crippen molar-refractivity contribution >= 4 is 23.5 Å². The van der Waals surface area contributed by atoms with Gasteiger partial charge in [-0.2, -0.15) is 8.78 Å². The van der Waals surface area contributed by atoms with Gasteiger partial charge in [-0.05, 0) is 50.3 Å². The molecule has 0 heterocycles. The number of aliphatic imine (C=N–C) groups is 1. The smallest absolute Gasteiger partial charge is 0.387 e. The molecule has 2 unspecified atom stereocenters. The van der Waals surface area contributed by atoms with Crippen molar-refractivity contribution in [2.45, 2.75) is 63.8 Å². The van der Waals surface area contributed by atoms with Crippen LogP contribution in [-0.4, -0.2) is 37.6 Å². The highest BCUT2D eigenvalue weighted by Gasteiger charge is 2.31. The van der Waals surface area contributed by atoms with Gasteiger partial charge >= 0.3 is 6.61 Å². The molecule has 2 aliphatic rings. The van der Waals surface area contributed by atoms with Gasteiger partial charge in [0.2, 0.25) is 5.91 Å². The van der Waals surface area contributed by atoms with Crippen LogP contribution in [0.5, 0.6) is 5.75 Å². The molecule has 3 N–H and O–H groups in total. The Morgan fingerprint density at radius 2 is 2.03 bits per heavy atom. The van der Waals surface area contributed by atoms with Crippen molar-refractivity contribution in [2.75, 3.05) is 7.05 Å². The van der Waals surface area contributed by atoms with E-state index in [2.05, 4.69) is 25.7 Å². The standard InChI is InChI=1S/C20H27ClF2N4O2/c1-24-20(25-11-13-9-14(21)5-8-17(13)29-19(22)23)27-16-4-2-3-12(10-16)18(28)26-15-6-7-15/h5,8-9,12,15-16,19H,2-4,6-7,10-11H2,1H3,(H,26,28)(H2,24,25,27). The number of carbonyl (C=O) groups is 1. The summed E-state index contributed by atoms with van der Waals surface area (Å²) in [5, 5.41) is 9.97. The lowest BCUT2D eigenvalue weighted by atomic mass is 9.85. The summed E-state index contributed by atoms with van der Waals surface area (Å²) in [4.78, 5) is 16.6. The normalized spacial score (nSPS) is 22.3. The Morgan fingerprint density at radius 3 is 2.72 bits per heavy atom. The second-order valence-electron chi connectivity index (χ2n) is 7.54. The quantitative estimate of drug-likeness (QED) is 0.459. The Balaban J connectivity index is 1.54. The van der Waals surface area contributed by atoms with Gasteiger partial charge < -0.3 is 20.7 Å². The highest BCUT2D eigenvalue weighted by molar-refractivity contribution is 6.30. The van der Waals surface area contributed by atoms with Crippen LogP contribution >= 0.6 is 11.6 Å². The summed E-state index contributed by atoms with van der Waals surface area (Å²) in [6, 6.07) is 5.00. The molecule has 0 aliphatic heterocycles. The molecule has 2 saturated carbocycles. The number of nitrogens with zero attached hydrogens (tertiary/aromatic N) is 1. The molecule has 0 radical (unpaired) electrons. The number of guanidine groups is 1. The van der Waals surface area contributed by atoms with Crippen LogP contribution in [0.4, 0.5) is 8.78 Å². The van der Waals surface area contributed by atoms with Gasteiger partial charge in [-0.15, -0.1) is 0 Å². The summed E-state index contributed by atoms with van der Waals surface area (Å²) in [7, 11) is 1.64. The van der Waals surface area contributed by atoms with Crippen LogP contribution < -0.4 is 20.7 Å². The fourth-order valence-electron chi connectivity index (χ4n) is 3.57. The van der Waals surface area contributed by atoms with Crippen molar-refractivity contribution in [2.24, 2.45) is 10.9 Å². The van der Waals surface area contributed by atoms with E-state index in [1.54, 1.807) is 13.1 Å². The van der Waals surface area contributed by atoms with Crippen LogP contribution in [0.1, 0.15) is 44.1 Å². The highest BCUT2D eigenvalue weighted by atomic mass is 35.5. The molecular weight excluding hydrogens is 402 g/mol. The van der Waals surface area contributed by atoms with Gasteiger partial charge in [0.05, 0.1) is 0 Å². The number of nitrogens with one attached hydrogen (secondary N) is 3. The predicted molar refractivity (Wildman–Crippen MR) is 108 cm³/mol. The summed E-state index contributed by atoms with van der Waals surface area (Å²) >= 11 is 5.99. The molecule has 0 aromatic heterocycles. The molecule has 0 bridgehead atoms. The Kier molecular flexibility index (Phi) is 7.52. The predicted octanol–water partition coefficient (Wildman–Crippen LogP) is 3.44. The van der Waals surface area contributed by atoms with Crippen molar-refractivity contribution < 1.29 is 18.3 Å². The zero-order valence-electron chi connectivity index (χ0n) is 16.4. The van der Waals surface area contributed by atoms with E-state index in [0.29, 0.717) is 22.6 Å². The molecular formula is C20H27ClF2N4O2. The van der Waals surface area contributed by atoms with Crippen molar-refractivity contribution in [3.8, 4) is 5.75 Å². The first kappa shape index (κ1) is 21.6. The van der Waals surface area contributed by atoms with Gasteiger partial charge in [-0.1, -0.05) is 18.0 Å². The maximum Gasteiger partial charge on any atom is 0.387 e. The van der Waals surface area contributed by atoms with E-state index in [1.165, 1.54) is 12.1 Å². The number of benzene rings is 1. The molecule has 6 nitrogen and oxygen atoms in total. The minimum absolute atomic E-state index is 0.0129. The van der Waals surface area contributed by atoms with Crippen LogP contribution in [-0.2, 0) is 11.3 Å². The molecule has 29 heavy (non-hydrogen) atoms. The molecule has 1 aromatic carbocycles. The maximum absolute atomic E-state index is 12.6. The largest absolute Gasteiger partial charge is 0.434 e. The van der Waals surface area contributed by atoms with Gasteiger partial charge in [0.15, 0.2) is 5.96 Å². The third kappa shape index (κ3) is 6.73. The average Bonchev–Trinajstić information content (AvgIpc) is 3.50. The minimum Gasteiger partial charge on any atom is -0.434 e. The summed E-state index contributed by atoms with van der Waals surface area (Å²) in [6.45, 7) is -2.69. The second-order valence-corrected chi connectivity index (χ2v) is 7.98. The van der Waals surface area contributed by atoms with Crippen LogP contribution in [0.3, 0.4) is 0 Å². The minimum atomic E-state index is -2.91. The fourth-order valence-corrected chi connectivity index (χ4v) is 3.76. The first-order valence-electron chi connectivity index (χ1n) is 9.95. The van der Waals surface area contributed by atoms with E-state index in [4.69, 9.17) is 11.6 Å². The van der Waals surface area contributed by atoms with E-state index >= 15 is 0 Å². The lowest BCUT2D eigenvalue weighted by Gasteiger charge is -2.30. The zero-order chi connectivity index (χ0) is 20.8. The molecule has 1 aromatic rings. The Bertz CT molecular complexity index is 743. The molecule has 2 aliphatic carbocycles. The average molecular weight is 429 g/mol. The molecule has 0 saturated heterocycles. The zero-order valence-corrected chi connectivity index (χ0v) is 17.1. The van der Waals surface area contributed by atoms with Crippen LogP contribution in [0.15, 0.2) is 23.2 Å². The lowest BCUT2D eigenvalue weighted by molar-refractivity contribution is -0.126. The van der Waals surface area contributed by atoms with Gasteiger partial charge in [0, 0.05) is 42.2 Å². The number of amides is 1. The first-order valence-corrected chi connectivity index (χ1v) is 10.3. The van der Waals surface area contributed by atoms with Gasteiger partial charge in [-0.3, -0.25) is 9.79 Å². The van der Waals surface area contributed by atoms with E-state index in [9.17, 15) is 13.6 Å². The van der Waals surface area contributed by atoms with Crippen molar-refractivity contribution in [1.82, 2.24) is 16.0 Å². The third-order valence-electron chi connectivity index (χ3n) is 5.22.